The van der Waals surface area contributed by atoms with Crippen LogP contribution in [0.25, 0.3) is 0 Å². The Balaban J connectivity index is 1.79. The SMILES string of the molecule is CCN1CCCC(CC2(N)CCC2)C1. The van der Waals surface area contributed by atoms with Gasteiger partial charge in [-0.15, -0.1) is 0 Å². The van der Waals surface area contributed by atoms with Crippen LogP contribution in [0.15, 0.2) is 0 Å². The van der Waals surface area contributed by atoms with E-state index in [0.29, 0.717) is 0 Å². The van der Waals surface area contributed by atoms with Gasteiger partial charge in [-0.1, -0.05) is 6.92 Å². The number of nitrogens with two attached hydrogens (primary N) is 1. The number of hydrogen-bond donors (Lipinski definition) is 1. The Morgan fingerprint density at radius 1 is 1.36 bits per heavy atom. The summed E-state index contributed by atoms with van der Waals surface area (Å²) in [5.41, 5.74) is 6.54. The van der Waals surface area contributed by atoms with E-state index >= 15 is 0 Å². The van der Waals surface area contributed by atoms with Crippen molar-refractivity contribution in [2.75, 3.05) is 19.6 Å². The molecule has 0 radical (unpaired) electrons. The molecule has 2 aliphatic rings. The van der Waals surface area contributed by atoms with Gasteiger partial charge in [-0.3, -0.25) is 0 Å². The van der Waals surface area contributed by atoms with Gasteiger partial charge < -0.3 is 10.6 Å². The van der Waals surface area contributed by atoms with Gasteiger partial charge in [-0.2, -0.15) is 0 Å². The smallest absolute Gasteiger partial charge is 0.0157 e. The summed E-state index contributed by atoms with van der Waals surface area (Å²) in [7, 11) is 0. The van der Waals surface area contributed by atoms with Crippen LogP contribution in [-0.2, 0) is 0 Å². The summed E-state index contributed by atoms with van der Waals surface area (Å²) >= 11 is 0. The lowest BCUT2D eigenvalue weighted by molar-refractivity contribution is 0.124. The fraction of sp³-hybridized carbons (Fsp3) is 1.00. The van der Waals surface area contributed by atoms with Gasteiger partial charge in [0.1, 0.15) is 0 Å². The van der Waals surface area contributed by atoms with E-state index in [1.807, 2.05) is 0 Å². The molecule has 1 aliphatic carbocycles. The average molecular weight is 196 g/mol. The Labute approximate surface area is 87.8 Å². The van der Waals surface area contributed by atoms with E-state index < -0.39 is 0 Å². The molecule has 0 aromatic carbocycles. The molecule has 0 bridgehead atoms. The zero-order valence-corrected chi connectivity index (χ0v) is 9.47. The molecule has 1 saturated heterocycles. The maximum atomic E-state index is 6.30. The molecule has 2 fully saturated rings. The van der Waals surface area contributed by atoms with E-state index in [9.17, 15) is 0 Å². The van der Waals surface area contributed by atoms with Crippen LogP contribution < -0.4 is 5.73 Å². The normalized spacial score (nSPS) is 32.6. The molecule has 2 rings (SSSR count). The number of likely N-dealkylation sites (tertiary alicyclic amines) is 1. The summed E-state index contributed by atoms with van der Waals surface area (Å²) < 4.78 is 0. The molecular formula is C12H24N2. The van der Waals surface area contributed by atoms with E-state index in [1.165, 1.54) is 58.2 Å². The van der Waals surface area contributed by atoms with Crippen molar-refractivity contribution >= 4 is 0 Å². The highest BCUT2D eigenvalue weighted by Gasteiger charge is 2.35. The summed E-state index contributed by atoms with van der Waals surface area (Å²) in [5, 5.41) is 0. The third-order valence-corrected chi connectivity index (χ3v) is 4.09. The van der Waals surface area contributed by atoms with Crippen LogP contribution in [-0.4, -0.2) is 30.1 Å². The molecule has 1 heterocycles. The van der Waals surface area contributed by atoms with Crippen molar-refractivity contribution < 1.29 is 0 Å². The first-order valence-corrected chi connectivity index (χ1v) is 6.23. The summed E-state index contributed by atoms with van der Waals surface area (Å²) in [4.78, 5) is 2.58. The molecule has 1 aliphatic heterocycles. The molecule has 14 heavy (non-hydrogen) atoms. The van der Waals surface area contributed by atoms with Crippen molar-refractivity contribution in [3.05, 3.63) is 0 Å². The highest BCUT2D eigenvalue weighted by Crippen LogP contribution is 2.36. The lowest BCUT2D eigenvalue weighted by atomic mass is 9.71. The fourth-order valence-electron chi connectivity index (χ4n) is 3.02. The predicted molar refractivity (Wildman–Crippen MR) is 60.2 cm³/mol. The van der Waals surface area contributed by atoms with Crippen LogP contribution in [0.2, 0.25) is 0 Å². The number of piperidine rings is 1. The van der Waals surface area contributed by atoms with Gasteiger partial charge in [0.25, 0.3) is 0 Å². The number of nitrogens with zero attached hydrogens (tertiary/aromatic N) is 1. The minimum absolute atomic E-state index is 0.238. The molecular weight excluding hydrogens is 172 g/mol. The standard InChI is InChI=1S/C12H24N2/c1-2-14-8-3-5-11(10-14)9-12(13)6-4-7-12/h11H,2-10,13H2,1H3. The van der Waals surface area contributed by atoms with Crippen LogP contribution in [0.4, 0.5) is 0 Å². The summed E-state index contributed by atoms with van der Waals surface area (Å²) in [6, 6.07) is 0. The molecule has 2 N–H and O–H groups in total. The van der Waals surface area contributed by atoms with Crippen LogP contribution in [0, 0.1) is 5.92 Å². The van der Waals surface area contributed by atoms with Gasteiger partial charge in [0.05, 0.1) is 0 Å². The third kappa shape index (κ3) is 2.29. The second-order valence-electron chi connectivity index (χ2n) is 5.32. The monoisotopic (exact) mass is 196 g/mol. The largest absolute Gasteiger partial charge is 0.325 e. The second-order valence-corrected chi connectivity index (χ2v) is 5.32. The molecule has 0 aromatic rings. The average Bonchev–Trinajstić information content (AvgIpc) is 2.16. The highest BCUT2D eigenvalue weighted by atomic mass is 15.1. The van der Waals surface area contributed by atoms with Crippen molar-refractivity contribution in [3.63, 3.8) is 0 Å². The zero-order valence-electron chi connectivity index (χ0n) is 9.47. The van der Waals surface area contributed by atoms with Crippen molar-refractivity contribution in [3.8, 4) is 0 Å². The zero-order chi connectivity index (χ0) is 10.0. The van der Waals surface area contributed by atoms with Gasteiger partial charge >= 0.3 is 0 Å². The first-order valence-electron chi connectivity index (χ1n) is 6.23. The number of rotatable bonds is 3. The quantitative estimate of drug-likeness (QED) is 0.748. The van der Waals surface area contributed by atoms with Crippen LogP contribution in [0.1, 0.15) is 45.4 Å². The predicted octanol–water partition coefficient (Wildman–Crippen LogP) is 1.99. The first-order chi connectivity index (χ1) is 6.72. The summed E-state index contributed by atoms with van der Waals surface area (Å²) in [6.07, 6.45) is 7.99. The molecule has 2 heteroatoms. The summed E-state index contributed by atoms with van der Waals surface area (Å²) in [5.74, 6) is 0.883. The van der Waals surface area contributed by atoms with Crippen molar-refractivity contribution in [2.24, 2.45) is 11.7 Å². The van der Waals surface area contributed by atoms with Gasteiger partial charge in [-0.25, -0.2) is 0 Å². The molecule has 82 valence electrons. The Morgan fingerprint density at radius 2 is 2.14 bits per heavy atom. The minimum Gasteiger partial charge on any atom is -0.325 e. The Kier molecular flexibility index (Phi) is 3.13. The molecule has 1 unspecified atom stereocenters. The Morgan fingerprint density at radius 3 is 2.71 bits per heavy atom. The van der Waals surface area contributed by atoms with Crippen LogP contribution in [0.5, 0.6) is 0 Å². The van der Waals surface area contributed by atoms with Crippen LogP contribution >= 0.6 is 0 Å². The maximum Gasteiger partial charge on any atom is 0.0157 e. The lowest BCUT2D eigenvalue weighted by Crippen LogP contribution is -2.50. The lowest BCUT2D eigenvalue weighted by Gasteiger charge is -2.43. The van der Waals surface area contributed by atoms with Gasteiger partial charge in [-0.05, 0) is 57.5 Å². The van der Waals surface area contributed by atoms with Gasteiger partial charge in [0.2, 0.25) is 0 Å². The molecule has 0 amide bonds. The topological polar surface area (TPSA) is 29.3 Å². The van der Waals surface area contributed by atoms with Crippen molar-refractivity contribution in [1.82, 2.24) is 4.90 Å². The van der Waals surface area contributed by atoms with E-state index in [1.54, 1.807) is 0 Å². The summed E-state index contributed by atoms with van der Waals surface area (Å²) in [6.45, 7) is 6.10. The molecule has 1 atom stereocenters. The van der Waals surface area contributed by atoms with Gasteiger partial charge in [0, 0.05) is 12.1 Å². The highest BCUT2D eigenvalue weighted by molar-refractivity contribution is 4.95. The maximum absolute atomic E-state index is 6.30. The second kappa shape index (κ2) is 4.19. The Bertz CT molecular complexity index is 187. The Hall–Kier alpha value is -0.0800. The molecule has 1 saturated carbocycles. The van der Waals surface area contributed by atoms with Crippen molar-refractivity contribution in [2.45, 2.75) is 51.0 Å². The fourth-order valence-corrected chi connectivity index (χ4v) is 3.02. The van der Waals surface area contributed by atoms with E-state index in [0.717, 1.165) is 5.92 Å². The first kappa shape index (κ1) is 10.4. The van der Waals surface area contributed by atoms with Crippen molar-refractivity contribution in [1.29, 1.82) is 0 Å². The van der Waals surface area contributed by atoms with Crippen LogP contribution in [0.3, 0.4) is 0 Å². The molecule has 0 spiro atoms. The number of hydrogen-bond acceptors (Lipinski definition) is 2. The third-order valence-electron chi connectivity index (χ3n) is 4.09. The van der Waals surface area contributed by atoms with E-state index in [2.05, 4.69) is 11.8 Å². The van der Waals surface area contributed by atoms with E-state index in [4.69, 9.17) is 5.73 Å². The molecule has 0 aromatic heterocycles. The molecule has 2 nitrogen and oxygen atoms in total. The van der Waals surface area contributed by atoms with E-state index in [-0.39, 0.29) is 5.54 Å². The minimum atomic E-state index is 0.238. The van der Waals surface area contributed by atoms with Gasteiger partial charge in [0.15, 0.2) is 0 Å².